The van der Waals surface area contributed by atoms with Crippen molar-refractivity contribution in [1.82, 2.24) is 15.3 Å². The number of rotatable bonds is 5. The van der Waals surface area contributed by atoms with Crippen LogP contribution in [0.1, 0.15) is 38.3 Å². The van der Waals surface area contributed by atoms with Gasteiger partial charge in [-0.05, 0) is 18.8 Å². The molecule has 0 saturated heterocycles. The van der Waals surface area contributed by atoms with Crippen LogP contribution < -0.4 is 10.6 Å². The lowest BCUT2D eigenvalue weighted by atomic mass is 10.1. The van der Waals surface area contributed by atoms with Gasteiger partial charge in [-0.15, -0.1) is 0 Å². The van der Waals surface area contributed by atoms with E-state index in [1.807, 2.05) is 6.07 Å². The van der Waals surface area contributed by atoms with Gasteiger partial charge in [0.15, 0.2) is 0 Å². The number of anilines is 1. The van der Waals surface area contributed by atoms with E-state index in [1.54, 1.807) is 0 Å². The molecule has 1 amide bonds. The molecule has 1 aliphatic rings. The van der Waals surface area contributed by atoms with Crippen molar-refractivity contribution in [2.75, 3.05) is 11.9 Å². The minimum Gasteiger partial charge on any atom is -0.361 e. The molecule has 17 heavy (non-hydrogen) atoms. The monoisotopic (exact) mass is 234 g/mol. The fourth-order valence-corrected chi connectivity index (χ4v) is 1.46. The molecule has 1 fully saturated rings. The Kier molecular flexibility index (Phi) is 3.56. The van der Waals surface area contributed by atoms with E-state index in [4.69, 9.17) is 0 Å². The molecule has 0 unspecified atom stereocenters. The van der Waals surface area contributed by atoms with Crippen molar-refractivity contribution in [3.8, 4) is 0 Å². The second-order valence-electron chi connectivity index (χ2n) is 4.68. The fraction of sp³-hybridized carbons (Fsp3) is 0.583. The maximum absolute atomic E-state index is 11.5. The number of carbonyl (C=O) groups excluding carboxylic acids is 1. The summed E-state index contributed by atoms with van der Waals surface area (Å²) < 4.78 is 0. The van der Waals surface area contributed by atoms with Crippen molar-refractivity contribution in [3.05, 3.63) is 18.1 Å². The first-order chi connectivity index (χ1) is 8.15. The third kappa shape index (κ3) is 3.69. The summed E-state index contributed by atoms with van der Waals surface area (Å²) in [4.78, 5) is 19.7. The maximum atomic E-state index is 11.5. The van der Waals surface area contributed by atoms with Gasteiger partial charge < -0.3 is 10.6 Å². The summed E-state index contributed by atoms with van der Waals surface area (Å²) in [5.74, 6) is 1.09. The standard InChI is InChI=1S/C12H18N4O/c1-8(2)10-5-11(15-7-14-10)13-6-12(17)16-9-3-4-9/h5,7-9H,3-4,6H2,1-2H3,(H,16,17)(H,13,14,15). The number of hydrogen-bond donors (Lipinski definition) is 2. The van der Waals surface area contributed by atoms with E-state index in [0.717, 1.165) is 18.5 Å². The van der Waals surface area contributed by atoms with Crippen molar-refractivity contribution in [2.24, 2.45) is 0 Å². The topological polar surface area (TPSA) is 66.9 Å². The Morgan fingerprint density at radius 2 is 2.24 bits per heavy atom. The second kappa shape index (κ2) is 5.12. The largest absolute Gasteiger partial charge is 0.361 e. The first-order valence-electron chi connectivity index (χ1n) is 6.00. The highest BCUT2D eigenvalue weighted by atomic mass is 16.2. The molecule has 5 nitrogen and oxygen atoms in total. The highest BCUT2D eigenvalue weighted by Crippen LogP contribution is 2.18. The Hall–Kier alpha value is -1.65. The smallest absolute Gasteiger partial charge is 0.239 e. The predicted octanol–water partition coefficient (Wildman–Crippen LogP) is 1.29. The van der Waals surface area contributed by atoms with Crippen LogP contribution in [0.25, 0.3) is 0 Å². The van der Waals surface area contributed by atoms with Crippen LogP contribution >= 0.6 is 0 Å². The molecule has 1 saturated carbocycles. The van der Waals surface area contributed by atoms with Crippen LogP contribution in [0.3, 0.4) is 0 Å². The third-order valence-corrected chi connectivity index (χ3v) is 2.65. The average molecular weight is 234 g/mol. The van der Waals surface area contributed by atoms with Crippen LogP contribution in [0.4, 0.5) is 5.82 Å². The second-order valence-corrected chi connectivity index (χ2v) is 4.68. The van der Waals surface area contributed by atoms with Gasteiger partial charge in [-0.2, -0.15) is 0 Å². The average Bonchev–Trinajstić information content (AvgIpc) is 3.11. The number of hydrogen-bond acceptors (Lipinski definition) is 4. The zero-order chi connectivity index (χ0) is 12.3. The SMILES string of the molecule is CC(C)c1cc(NCC(=O)NC2CC2)ncn1. The van der Waals surface area contributed by atoms with Gasteiger partial charge in [0.05, 0.1) is 6.54 Å². The molecule has 0 aromatic carbocycles. The molecular formula is C12H18N4O. The van der Waals surface area contributed by atoms with E-state index < -0.39 is 0 Å². The van der Waals surface area contributed by atoms with Crippen molar-refractivity contribution < 1.29 is 4.79 Å². The van der Waals surface area contributed by atoms with Gasteiger partial charge in [0.1, 0.15) is 12.1 Å². The zero-order valence-corrected chi connectivity index (χ0v) is 10.2. The Bertz CT molecular complexity index is 401. The normalized spacial score (nSPS) is 14.8. The lowest BCUT2D eigenvalue weighted by molar-refractivity contribution is -0.119. The van der Waals surface area contributed by atoms with Gasteiger partial charge in [-0.1, -0.05) is 13.8 Å². The quantitative estimate of drug-likeness (QED) is 0.805. The summed E-state index contributed by atoms with van der Waals surface area (Å²) in [6.07, 6.45) is 3.74. The van der Waals surface area contributed by atoms with Gasteiger partial charge >= 0.3 is 0 Å². The molecule has 2 rings (SSSR count). The van der Waals surface area contributed by atoms with Gasteiger partial charge in [-0.3, -0.25) is 4.79 Å². The summed E-state index contributed by atoms with van der Waals surface area (Å²) >= 11 is 0. The van der Waals surface area contributed by atoms with E-state index in [2.05, 4.69) is 34.4 Å². The zero-order valence-electron chi connectivity index (χ0n) is 10.2. The van der Waals surface area contributed by atoms with E-state index in [-0.39, 0.29) is 12.5 Å². The number of nitrogens with one attached hydrogen (secondary N) is 2. The van der Waals surface area contributed by atoms with Crippen molar-refractivity contribution in [1.29, 1.82) is 0 Å². The van der Waals surface area contributed by atoms with Crippen LogP contribution in [0, 0.1) is 0 Å². The predicted molar refractivity (Wildman–Crippen MR) is 65.8 cm³/mol. The van der Waals surface area contributed by atoms with Crippen LogP contribution in [0.2, 0.25) is 0 Å². The van der Waals surface area contributed by atoms with Crippen molar-refractivity contribution in [3.63, 3.8) is 0 Å². The Labute approximate surface area is 101 Å². The molecule has 1 heterocycles. The summed E-state index contributed by atoms with van der Waals surface area (Å²) in [5, 5.41) is 5.93. The third-order valence-electron chi connectivity index (χ3n) is 2.65. The van der Waals surface area contributed by atoms with Crippen LogP contribution in [0.5, 0.6) is 0 Å². The number of amides is 1. The molecule has 1 aromatic heterocycles. The number of nitrogens with zero attached hydrogens (tertiary/aromatic N) is 2. The Balaban J connectivity index is 1.84. The van der Waals surface area contributed by atoms with Crippen LogP contribution in [0.15, 0.2) is 12.4 Å². The lowest BCUT2D eigenvalue weighted by Crippen LogP contribution is -2.31. The number of carbonyl (C=O) groups is 1. The summed E-state index contributed by atoms with van der Waals surface area (Å²) in [6, 6.07) is 2.29. The molecule has 1 aromatic rings. The number of aromatic nitrogens is 2. The van der Waals surface area contributed by atoms with E-state index in [9.17, 15) is 4.79 Å². The maximum Gasteiger partial charge on any atom is 0.239 e. The highest BCUT2D eigenvalue weighted by molar-refractivity contribution is 5.80. The molecular weight excluding hydrogens is 216 g/mol. The Morgan fingerprint density at radius 3 is 2.88 bits per heavy atom. The molecule has 2 N–H and O–H groups in total. The summed E-state index contributed by atoms with van der Waals surface area (Å²) in [7, 11) is 0. The van der Waals surface area contributed by atoms with E-state index in [1.165, 1.54) is 6.33 Å². The minimum absolute atomic E-state index is 0.0252. The summed E-state index contributed by atoms with van der Waals surface area (Å²) in [6.45, 7) is 4.42. The van der Waals surface area contributed by atoms with Gasteiger partial charge in [0.2, 0.25) is 5.91 Å². The summed E-state index contributed by atoms with van der Waals surface area (Å²) in [5.41, 5.74) is 0.977. The first-order valence-corrected chi connectivity index (χ1v) is 6.00. The van der Waals surface area contributed by atoms with Crippen molar-refractivity contribution >= 4 is 11.7 Å². The van der Waals surface area contributed by atoms with Crippen molar-refractivity contribution in [2.45, 2.75) is 38.6 Å². The highest BCUT2D eigenvalue weighted by Gasteiger charge is 2.22. The molecule has 5 heteroatoms. The fourth-order valence-electron chi connectivity index (χ4n) is 1.46. The molecule has 0 spiro atoms. The molecule has 0 radical (unpaired) electrons. The molecule has 0 aliphatic heterocycles. The van der Waals surface area contributed by atoms with Gasteiger partial charge in [0, 0.05) is 17.8 Å². The van der Waals surface area contributed by atoms with Gasteiger partial charge in [-0.25, -0.2) is 9.97 Å². The minimum atomic E-state index is 0.0252. The van der Waals surface area contributed by atoms with Crippen LogP contribution in [-0.2, 0) is 4.79 Å². The van der Waals surface area contributed by atoms with Gasteiger partial charge in [0.25, 0.3) is 0 Å². The van der Waals surface area contributed by atoms with Crippen LogP contribution in [-0.4, -0.2) is 28.5 Å². The molecule has 1 aliphatic carbocycles. The molecule has 92 valence electrons. The van der Waals surface area contributed by atoms with E-state index in [0.29, 0.717) is 17.8 Å². The van der Waals surface area contributed by atoms with E-state index >= 15 is 0 Å². The lowest BCUT2D eigenvalue weighted by Gasteiger charge is -2.08. The first kappa shape index (κ1) is 11.8. The molecule has 0 bridgehead atoms. The Morgan fingerprint density at radius 1 is 1.47 bits per heavy atom. The molecule has 0 atom stereocenters.